The lowest BCUT2D eigenvalue weighted by atomic mass is 9.97. The first-order valence-electron chi connectivity index (χ1n) is 7.43. The Morgan fingerprint density at radius 3 is 2.95 bits per heavy atom. The molecule has 0 radical (unpaired) electrons. The molecule has 0 bridgehead atoms. The van der Waals surface area contributed by atoms with Crippen LogP contribution in [0.25, 0.3) is 0 Å². The molecule has 2 aromatic rings. The van der Waals surface area contributed by atoms with Gasteiger partial charge in [0.1, 0.15) is 0 Å². The number of carbonyl (C=O) groups is 1. The van der Waals surface area contributed by atoms with Crippen LogP contribution < -0.4 is 0 Å². The Balaban J connectivity index is 1.54. The molecule has 6 nitrogen and oxygen atoms in total. The Morgan fingerprint density at radius 1 is 1.41 bits per heavy atom. The minimum absolute atomic E-state index is 0.179. The van der Waals surface area contributed by atoms with Gasteiger partial charge in [-0.1, -0.05) is 22.9 Å². The lowest BCUT2D eigenvalue weighted by Gasteiger charge is -2.31. The predicted molar refractivity (Wildman–Crippen MR) is 84.6 cm³/mol. The van der Waals surface area contributed by atoms with Crippen LogP contribution in [0.4, 0.5) is 0 Å². The SMILES string of the molecule is Cc1ccc(SCC(=O)N2CCC[C@@H](c3nn[nH]n3)C2)cc1. The lowest BCUT2D eigenvalue weighted by Crippen LogP contribution is -2.40. The predicted octanol–water partition coefficient (Wildman–Crippen LogP) is 2.01. The second-order valence-corrected chi connectivity index (χ2v) is 6.60. The van der Waals surface area contributed by atoms with E-state index in [-0.39, 0.29) is 11.8 Å². The molecule has 0 unspecified atom stereocenters. The van der Waals surface area contributed by atoms with Crippen LogP contribution in [0.15, 0.2) is 29.2 Å². The number of piperidine rings is 1. The summed E-state index contributed by atoms with van der Waals surface area (Å²) in [4.78, 5) is 15.4. The molecule has 1 saturated heterocycles. The van der Waals surface area contributed by atoms with Gasteiger partial charge in [-0.3, -0.25) is 4.79 Å². The number of tetrazole rings is 1. The summed E-state index contributed by atoms with van der Waals surface area (Å²) in [5.74, 6) is 1.56. The van der Waals surface area contributed by atoms with Gasteiger partial charge in [0.2, 0.25) is 5.91 Å². The molecule has 0 spiro atoms. The fourth-order valence-electron chi connectivity index (χ4n) is 2.63. The van der Waals surface area contributed by atoms with Crippen molar-refractivity contribution in [3.05, 3.63) is 35.7 Å². The molecule has 1 fully saturated rings. The van der Waals surface area contributed by atoms with Crippen LogP contribution >= 0.6 is 11.8 Å². The van der Waals surface area contributed by atoms with Gasteiger partial charge in [-0.25, -0.2) is 0 Å². The molecule has 1 atom stereocenters. The highest BCUT2D eigenvalue weighted by molar-refractivity contribution is 8.00. The van der Waals surface area contributed by atoms with Crippen molar-refractivity contribution < 1.29 is 4.79 Å². The summed E-state index contributed by atoms with van der Waals surface area (Å²) in [6, 6.07) is 8.26. The quantitative estimate of drug-likeness (QED) is 0.873. The van der Waals surface area contributed by atoms with Gasteiger partial charge in [0.15, 0.2) is 5.82 Å². The Kier molecular flexibility index (Phi) is 4.72. The van der Waals surface area contributed by atoms with Crippen molar-refractivity contribution in [1.29, 1.82) is 0 Å². The third-order valence-electron chi connectivity index (χ3n) is 3.88. The molecule has 2 heterocycles. The zero-order valence-electron chi connectivity index (χ0n) is 12.5. The number of aromatic nitrogens is 4. The summed E-state index contributed by atoms with van der Waals surface area (Å²) in [5.41, 5.74) is 1.23. The Hall–Kier alpha value is -1.89. The second-order valence-electron chi connectivity index (χ2n) is 5.55. The molecule has 116 valence electrons. The summed E-state index contributed by atoms with van der Waals surface area (Å²) in [5, 5.41) is 14.2. The first kappa shape index (κ1) is 15.0. The molecule has 1 N–H and O–H groups in total. The molecule has 0 saturated carbocycles. The van der Waals surface area contributed by atoms with E-state index in [1.54, 1.807) is 11.8 Å². The highest BCUT2D eigenvalue weighted by Crippen LogP contribution is 2.25. The topological polar surface area (TPSA) is 74.8 Å². The Bertz CT molecular complexity index is 613. The Labute approximate surface area is 133 Å². The number of nitrogens with zero attached hydrogens (tertiary/aromatic N) is 4. The molecular weight excluding hydrogens is 298 g/mol. The maximum atomic E-state index is 12.4. The Morgan fingerprint density at radius 2 is 2.23 bits per heavy atom. The lowest BCUT2D eigenvalue weighted by molar-refractivity contribution is -0.129. The van der Waals surface area contributed by atoms with Crippen LogP contribution in [-0.2, 0) is 4.79 Å². The first-order valence-corrected chi connectivity index (χ1v) is 8.41. The van der Waals surface area contributed by atoms with Crippen LogP contribution in [0.1, 0.15) is 30.1 Å². The third-order valence-corrected chi connectivity index (χ3v) is 4.88. The summed E-state index contributed by atoms with van der Waals surface area (Å²) in [6.45, 7) is 3.57. The van der Waals surface area contributed by atoms with Gasteiger partial charge in [0.05, 0.1) is 5.75 Å². The summed E-state index contributed by atoms with van der Waals surface area (Å²) in [7, 11) is 0. The molecule has 0 aliphatic carbocycles. The average molecular weight is 317 g/mol. The molecule has 3 rings (SSSR count). The number of benzene rings is 1. The first-order chi connectivity index (χ1) is 10.7. The number of rotatable bonds is 4. The zero-order chi connectivity index (χ0) is 15.4. The molecule has 7 heteroatoms. The molecule has 1 aliphatic rings. The number of aromatic amines is 1. The molecule has 1 aromatic carbocycles. The van der Waals surface area contributed by atoms with Gasteiger partial charge in [-0.05, 0) is 31.9 Å². The van der Waals surface area contributed by atoms with Crippen LogP contribution in [0.5, 0.6) is 0 Å². The maximum Gasteiger partial charge on any atom is 0.232 e. The van der Waals surface area contributed by atoms with Crippen molar-refractivity contribution in [1.82, 2.24) is 25.5 Å². The van der Waals surface area contributed by atoms with Gasteiger partial charge in [-0.2, -0.15) is 5.21 Å². The summed E-state index contributed by atoms with van der Waals surface area (Å²) < 4.78 is 0. The van der Waals surface area contributed by atoms with Crippen molar-refractivity contribution >= 4 is 17.7 Å². The van der Waals surface area contributed by atoms with E-state index in [4.69, 9.17) is 0 Å². The minimum Gasteiger partial charge on any atom is -0.341 e. The molecular formula is C15H19N5OS. The highest BCUT2D eigenvalue weighted by Gasteiger charge is 2.27. The number of hydrogen-bond donors (Lipinski definition) is 1. The largest absolute Gasteiger partial charge is 0.341 e. The van der Waals surface area contributed by atoms with E-state index in [0.29, 0.717) is 18.1 Å². The number of amides is 1. The van der Waals surface area contributed by atoms with Crippen LogP contribution in [0.3, 0.4) is 0 Å². The van der Waals surface area contributed by atoms with E-state index in [1.807, 2.05) is 4.90 Å². The number of thioether (sulfide) groups is 1. The molecule has 1 aromatic heterocycles. The van der Waals surface area contributed by atoms with Crippen molar-refractivity contribution in [2.24, 2.45) is 0 Å². The van der Waals surface area contributed by atoms with E-state index in [2.05, 4.69) is 51.8 Å². The molecule has 1 amide bonds. The number of carbonyl (C=O) groups excluding carboxylic acids is 1. The number of likely N-dealkylation sites (tertiary alicyclic amines) is 1. The monoisotopic (exact) mass is 317 g/mol. The normalized spacial score (nSPS) is 18.4. The molecule has 1 aliphatic heterocycles. The zero-order valence-corrected chi connectivity index (χ0v) is 13.3. The number of nitrogens with one attached hydrogen (secondary N) is 1. The van der Waals surface area contributed by atoms with Gasteiger partial charge < -0.3 is 4.90 Å². The van der Waals surface area contributed by atoms with Gasteiger partial charge in [0, 0.05) is 23.9 Å². The maximum absolute atomic E-state index is 12.4. The van der Waals surface area contributed by atoms with Crippen molar-refractivity contribution in [3.63, 3.8) is 0 Å². The van der Waals surface area contributed by atoms with Gasteiger partial charge >= 0.3 is 0 Å². The number of aryl methyl sites for hydroxylation is 1. The summed E-state index contributed by atoms with van der Waals surface area (Å²) >= 11 is 1.59. The van der Waals surface area contributed by atoms with Crippen LogP contribution in [-0.4, -0.2) is 50.3 Å². The average Bonchev–Trinajstić information content (AvgIpc) is 3.09. The van der Waals surface area contributed by atoms with E-state index in [9.17, 15) is 4.79 Å². The van der Waals surface area contributed by atoms with Crippen LogP contribution in [0.2, 0.25) is 0 Å². The standard InChI is InChI=1S/C15H19N5OS/c1-11-4-6-13(7-5-11)22-10-14(21)20-8-2-3-12(9-20)15-16-18-19-17-15/h4-7,12H,2-3,8-10H2,1H3,(H,16,17,18,19)/t12-/m1/s1. The minimum atomic E-state index is 0.179. The third kappa shape index (κ3) is 3.65. The number of hydrogen-bond acceptors (Lipinski definition) is 5. The van der Waals surface area contributed by atoms with Gasteiger partial charge in [-0.15, -0.1) is 22.0 Å². The van der Waals surface area contributed by atoms with E-state index in [0.717, 1.165) is 24.3 Å². The fourth-order valence-corrected chi connectivity index (χ4v) is 3.43. The van der Waals surface area contributed by atoms with Crippen molar-refractivity contribution in [2.45, 2.75) is 30.6 Å². The van der Waals surface area contributed by atoms with Crippen molar-refractivity contribution in [2.75, 3.05) is 18.8 Å². The fraction of sp³-hybridized carbons (Fsp3) is 0.467. The smallest absolute Gasteiger partial charge is 0.232 e. The van der Waals surface area contributed by atoms with Crippen molar-refractivity contribution in [3.8, 4) is 0 Å². The highest BCUT2D eigenvalue weighted by atomic mass is 32.2. The van der Waals surface area contributed by atoms with E-state index >= 15 is 0 Å². The van der Waals surface area contributed by atoms with Gasteiger partial charge in [0.25, 0.3) is 0 Å². The second kappa shape index (κ2) is 6.91. The summed E-state index contributed by atoms with van der Waals surface area (Å²) in [6.07, 6.45) is 1.99. The van der Waals surface area contributed by atoms with Crippen LogP contribution in [0, 0.1) is 6.92 Å². The van der Waals surface area contributed by atoms with E-state index < -0.39 is 0 Å². The molecule has 22 heavy (non-hydrogen) atoms. The van der Waals surface area contributed by atoms with E-state index in [1.165, 1.54) is 5.56 Å². The number of H-pyrrole nitrogens is 1.